The number of benzene rings is 1. The Balaban J connectivity index is 1.73. The summed E-state index contributed by atoms with van der Waals surface area (Å²) < 4.78 is 7.57. The van der Waals surface area contributed by atoms with E-state index in [0.717, 1.165) is 42.0 Å². The van der Waals surface area contributed by atoms with Gasteiger partial charge in [0.1, 0.15) is 11.6 Å². The van der Waals surface area contributed by atoms with Crippen LogP contribution in [0, 0.1) is 6.92 Å². The molecule has 0 aliphatic carbocycles. The highest BCUT2D eigenvalue weighted by Gasteiger charge is 2.24. The minimum atomic E-state index is 0.175. The molecule has 130 valence electrons. The summed E-state index contributed by atoms with van der Waals surface area (Å²) in [7, 11) is 0. The summed E-state index contributed by atoms with van der Waals surface area (Å²) in [4.78, 5) is 9.16. The van der Waals surface area contributed by atoms with Gasteiger partial charge in [-0.1, -0.05) is 17.7 Å². The van der Waals surface area contributed by atoms with E-state index in [9.17, 15) is 0 Å². The van der Waals surface area contributed by atoms with Crippen molar-refractivity contribution in [2.75, 3.05) is 11.9 Å². The standard InChI is InChI=1S/C18H20ClN5O/c1-11(16-7-4-8-25-16)21-17-15-10-20-24(18(15)23-12(2)22-17)14-6-3-5-13(19)9-14/h3,5-6,9-11,16H,4,7-8H2,1-2H3,(H,21,22,23). The average molecular weight is 358 g/mol. The van der Waals surface area contributed by atoms with Crippen LogP contribution in [0.5, 0.6) is 0 Å². The predicted octanol–water partition coefficient (Wildman–Crippen LogP) is 3.76. The predicted molar refractivity (Wildman–Crippen MR) is 98.5 cm³/mol. The van der Waals surface area contributed by atoms with Gasteiger partial charge in [0.2, 0.25) is 0 Å². The lowest BCUT2D eigenvalue weighted by Gasteiger charge is -2.21. The van der Waals surface area contributed by atoms with Crippen LogP contribution in [0.15, 0.2) is 30.5 Å². The summed E-state index contributed by atoms with van der Waals surface area (Å²) in [5.41, 5.74) is 1.63. The molecule has 2 unspecified atom stereocenters. The Kier molecular flexibility index (Phi) is 4.31. The summed E-state index contributed by atoms with van der Waals surface area (Å²) in [5.74, 6) is 1.48. The van der Waals surface area contributed by atoms with E-state index in [1.807, 2.05) is 31.2 Å². The van der Waals surface area contributed by atoms with Crippen molar-refractivity contribution in [3.63, 3.8) is 0 Å². The molecule has 4 rings (SSSR count). The van der Waals surface area contributed by atoms with Crippen molar-refractivity contribution in [3.05, 3.63) is 41.3 Å². The number of rotatable bonds is 4. The summed E-state index contributed by atoms with van der Waals surface area (Å²) in [6.07, 6.45) is 4.19. The second-order valence-corrected chi connectivity index (χ2v) is 6.81. The number of fused-ring (bicyclic) bond motifs is 1. The molecule has 25 heavy (non-hydrogen) atoms. The highest BCUT2D eigenvalue weighted by molar-refractivity contribution is 6.30. The molecule has 1 aliphatic rings. The zero-order chi connectivity index (χ0) is 17.4. The Morgan fingerprint density at radius 2 is 2.24 bits per heavy atom. The van der Waals surface area contributed by atoms with Gasteiger partial charge < -0.3 is 10.1 Å². The molecule has 0 spiro atoms. The maximum atomic E-state index is 6.12. The van der Waals surface area contributed by atoms with E-state index in [0.29, 0.717) is 10.8 Å². The van der Waals surface area contributed by atoms with Crippen molar-refractivity contribution >= 4 is 28.5 Å². The summed E-state index contributed by atoms with van der Waals surface area (Å²) >= 11 is 6.12. The summed E-state index contributed by atoms with van der Waals surface area (Å²) in [6, 6.07) is 7.74. The Labute approximate surface area is 151 Å². The van der Waals surface area contributed by atoms with Gasteiger partial charge in [0.15, 0.2) is 5.65 Å². The molecule has 0 amide bonds. The quantitative estimate of drug-likeness (QED) is 0.770. The van der Waals surface area contributed by atoms with Gasteiger partial charge in [-0.25, -0.2) is 14.6 Å². The van der Waals surface area contributed by atoms with Crippen LogP contribution in [0.4, 0.5) is 5.82 Å². The van der Waals surface area contributed by atoms with Crippen LogP contribution in [0.1, 0.15) is 25.6 Å². The third-order valence-electron chi connectivity index (χ3n) is 4.48. The van der Waals surface area contributed by atoms with E-state index in [1.165, 1.54) is 0 Å². The largest absolute Gasteiger partial charge is 0.376 e. The van der Waals surface area contributed by atoms with Crippen LogP contribution >= 0.6 is 11.6 Å². The van der Waals surface area contributed by atoms with Gasteiger partial charge in [0.25, 0.3) is 0 Å². The van der Waals surface area contributed by atoms with E-state index in [4.69, 9.17) is 16.3 Å². The number of nitrogens with zero attached hydrogens (tertiary/aromatic N) is 4. The van der Waals surface area contributed by atoms with E-state index >= 15 is 0 Å². The maximum Gasteiger partial charge on any atom is 0.168 e. The van der Waals surface area contributed by atoms with Gasteiger partial charge in [-0.3, -0.25) is 0 Å². The molecule has 3 heterocycles. The molecule has 1 N–H and O–H groups in total. The highest BCUT2D eigenvalue weighted by Crippen LogP contribution is 2.26. The topological polar surface area (TPSA) is 64.9 Å². The van der Waals surface area contributed by atoms with Gasteiger partial charge in [-0.2, -0.15) is 5.10 Å². The van der Waals surface area contributed by atoms with Crippen molar-refractivity contribution in [3.8, 4) is 5.69 Å². The maximum absolute atomic E-state index is 6.12. The van der Waals surface area contributed by atoms with Crippen LogP contribution in [-0.4, -0.2) is 38.5 Å². The first-order chi connectivity index (χ1) is 12.1. The molecule has 1 saturated heterocycles. The van der Waals surface area contributed by atoms with E-state index in [2.05, 4.69) is 27.3 Å². The number of ether oxygens (including phenoxy) is 1. The van der Waals surface area contributed by atoms with E-state index in [1.54, 1.807) is 10.9 Å². The molecule has 0 radical (unpaired) electrons. The molecule has 1 fully saturated rings. The number of anilines is 1. The van der Waals surface area contributed by atoms with Crippen molar-refractivity contribution in [2.24, 2.45) is 0 Å². The van der Waals surface area contributed by atoms with E-state index in [-0.39, 0.29) is 12.1 Å². The number of hydrogen-bond acceptors (Lipinski definition) is 5. The van der Waals surface area contributed by atoms with Crippen LogP contribution in [0.2, 0.25) is 5.02 Å². The SMILES string of the molecule is Cc1nc(NC(C)C2CCCO2)c2cnn(-c3cccc(Cl)c3)c2n1. The van der Waals surface area contributed by atoms with Crippen molar-refractivity contribution < 1.29 is 4.74 Å². The lowest BCUT2D eigenvalue weighted by Crippen LogP contribution is -2.30. The minimum absolute atomic E-state index is 0.175. The van der Waals surface area contributed by atoms with E-state index < -0.39 is 0 Å². The molecule has 2 aromatic heterocycles. The normalized spacial score (nSPS) is 18.6. The van der Waals surface area contributed by atoms with Gasteiger partial charge in [-0.05, 0) is 44.9 Å². The fraction of sp³-hybridized carbons (Fsp3) is 0.389. The van der Waals surface area contributed by atoms with Gasteiger partial charge in [0, 0.05) is 11.6 Å². The molecular formula is C18H20ClN5O. The van der Waals surface area contributed by atoms with Gasteiger partial charge >= 0.3 is 0 Å². The molecule has 7 heteroatoms. The fourth-order valence-corrected chi connectivity index (χ4v) is 3.41. The average Bonchev–Trinajstić information content (AvgIpc) is 3.24. The number of aromatic nitrogens is 4. The first-order valence-electron chi connectivity index (χ1n) is 8.48. The lowest BCUT2D eigenvalue weighted by atomic mass is 10.1. The van der Waals surface area contributed by atoms with Gasteiger partial charge in [-0.15, -0.1) is 0 Å². The minimum Gasteiger partial charge on any atom is -0.376 e. The zero-order valence-electron chi connectivity index (χ0n) is 14.2. The Morgan fingerprint density at radius 1 is 1.36 bits per heavy atom. The molecule has 1 aromatic carbocycles. The molecule has 1 aliphatic heterocycles. The first-order valence-corrected chi connectivity index (χ1v) is 8.86. The van der Waals surface area contributed by atoms with Crippen LogP contribution in [0.3, 0.4) is 0 Å². The molecule has 6 nitrogen and oxygen atoms in total. The second-order valence-electron chi connectivity index (χ2n) is 6.38. The number of nitrogens with one attached hydrogen (secondary N) is 1. The summed E-state index contributed by atoms with van der Waals surface area (Å²) in [5, 5.41) is 9.53. The number of halogens is 1. The third-order valence-corrected chi connectivity index (χ3v) is 4.72. The lowest BCUT2D eigenvalue weighted by molar-refractivity contribution is 0.0996. The Hall–Kier alpha value is -2.18. The van der Waals surface area contributed by atoms with Crippen LogP contribution in [0.25, 0.3) is 16.7 Å². The zero-order valence-corrected chi connectivity index (χ0v) is 15.0. The van der Waals surface area contributed by atoms with Crippen LogP contribution < -0.4 is 5.32 Å². The summed E-state index contributed by atoms with van der Waals surface area (Å²) in [6.45, 7) is 4.85. The molecule has 0 bridgehead atoms. The Bertz CT molecular complexity index is 904. The molecule has 2 atom stereocenters. The van der Waals surface area contributed by atoms with Crippen molar-refractivity contribution in [1.29, 1.82) is 0 Å². The molecular weight excluding hydrogens is 338 g/mol. The van der Waals surface area contributed by atoms with Crippen LogP contribution in [-0.2, 0) is 4.74 Å². The van der Waals surface area contributed by atoms with Gasteiger partial charge in [0.05, 0.1) is 29.4 Å². The monoisotopic (exact) mass is 357 g/mol. The van der Waals surface area contributed by atoms with Crippen molar-refractivity contribution in [2.45, 2.75) is 38.8 Å². The second kappa shape index (κ2) is 6.61. The smallest absolute Gasteiger partial charge is 0.168 e. The molecule has 0 saturated carbocycles. The fourth-order valence-electron chi connectivity index (χ4n) is 3.23. The highest BCUT2D eigenvalue weighted by atomic mass is 35.5. The molecule has 3 aromatic rings. The van der Waals surface area contributed by atoms with Crippen molar-refractivity contribution in [1.82, 2.24) is 19.7 Å². The first kappa shape index (κ1) is 16.3. The Morgan fingerprint density at radius 3 is 3.00 bits per heavy atom. The third kappa shape index (κ3) is 3.19. The number of hydrogen-bond donors (Lipinski definition) is 1. The number of aryl methyl sites for hydroxylation is 1.